The lowest BCUT2D eigenvalue weighted by Gasteiger charge is -2.60. The number of rotatable bonds is 23. The van der Waals surface area contributed by atoms with E-state index >= 15 is 4.79 Å². The number of carbonyl (C=O) groups is 2. The number of oxime groups is 1. The summed E-state index contributed by atoms with van der Waals surface area (Å²) in [6.45, 7) is 9.81. The third kappa shape index (κ3) is 12.0. The summed E-state index contributed by atoms with van der Waals surface area (Å²) >= 11 is 0. The fourth-order valence-corrected chi connectivity index (χ4v) is 9.63. The zero-order valence-electron chi connectivity index (χ0n) is 39.8. The van der Waals surface area contributed by atoms with Crippen molar-refractivity contribution in [1.82, 2.24) is 4.90 Å². The van der Waals surface area contributed by atoms with Crippen LogP contribution in [0.15, 0.2) is 90.1 Å². The normalized spacial score (nSPS) is 22.1. The van der Waals surface area contributed by atoms with E-state index in [0.29, 0.717) is 65.5 Å². The fourth-order valence-electron chi connectivity index (χ4n) is 9.63. The molecular formula is C52H66N4O12. The number of ether oxygens (including phenoxy) is 6. The minimum atomic E-state index is -1.59. The highest BCUT2D eigenvalue weighted by Gasteiger charge is 2.65. The molecule has 1 saturated carbocycles. The van der Waals surface area contributed by atoms with E-state index in [4.69, 9.17) is 38.4 Å². The maximum atomic E-state index is 15.1. The lowest BCUT2D eigenvalue weighted by atomic mass is 9.55. The van der Waals surface area contributed by atoms with Gasteiger partial charge in [0.15, 0.2) is 0 Å². The number of nitrogens with zero attached hydrogens (tertiary/aromatic N) is 3. The molecule has 4 N–H and O–H groups in total. The molecule has 0 bridgehead atoms. The second-order valence-electron chi connectivity index (χ2n) is 18.1. The molecule has 2 aliphatic carbocycles. The van der Waals surface area contributed by atoms with Gasteiger partial charge in [0, 0.05) is 49.3 Å². The second kappa shape index (κ2) is 23.9. The Labute approximate surface area is 399 Å². The smallest absolute Gasteiger partial charge is 0.417 e. The number of benzene rings is 3. The summed E-state index contributed by atoms with van der Waals surface area (Å²) in [6, 6.07) is 17.9. The molecule has 68 heavy (non-hydrogen) atoms. The molecular weight excluding hydrogens is 873 g/mol. The first-order chi connectivity index (χ1) is 32.8. The molecule has 0 radical (unpaired) electrons. The summed E-state index contributed by atoms with van der Waals surface area (Å²) in [6.07, 6.45) is 7.31. The van der Waals surface area contributed by atoms with Crippen molar-refractivity contribution >= 4 is 23.4 Å². The minimum Gasteiger partial charge on any atom is -0.497 e. The Morgan fingerprint density at radius 1 is 0.956 bits per heavy atom. The quantitative estimate of drug-likeness (QED) is 0.0407. The van der Waals surface area contributed by atoms with Crippen LogP contribution in [-0.2, 0) is 14.3 Å². The first-order valence-corrected chi connectivity index (χ1v) is 23.3. The van der Waals surface area contributed by atoms with Crippen LogP contribution < -0.4 is 24.3 Å². The summed E-state index contributed by atoms with van der Waals surface area (Å²) in [5, 5.41) is 46.9. The maximum Gasteiger partial charge on any atom is 0.417 e. The van der Waals surface area contributed by atoms with E-state index in [0.717, 1.165) is 24.0 Å². The predicted molar refractivity (Wildman–Crippen MR) is 255 cm³/mol. The number of carbonyl (C=O) groups excluding carboxylic acids is 2. The number of unbranched alkanes of at least 4 members (excludes halogenated alkanes) is 2. The van der Waals surface area contributed by atoms with Crippen LogP contribution in [0.5, 0.6) is 23.0 Å². The van der Waals surface area contributed by atoms with Crippen LogP contribution in [0.1, 0.15) is 93.1 Å². The van der Waals surface area contributed by atoms with Crippen LogP contribution in [0.2, 0.25) is 0 Å². The molecule has 3 aliphatic rings. The van der Waals surface area contributed by atoms with Gasteiger partial charge in [0.05, 0.1) is 69.6 Å². The van der Waals surface area contributed by atoms with Crippen molar-refractivity contribution in [2.75, 3.05) is 65.7 Å². The van der Waals surface area contributed by atoms with E-state index in [1.165, 1.54) is 14.2 Å². The van der Waals surface area contributed by atoms with Crippen LogP contribution >= 0.6 is 0 Å². The number of aliphatic hydroxyl groups is 3. The van der Waals surface area contributed by atoms with Gasteiger partial charge in [-0.3, -0.25) is 10.1 Å². The molecule has 2 amide bonds. The number of anilines is 1. The highest BCUT2D eigenvalue weighted by atomic mass is 16.7. The molecule has 1 fully saturated rings. The SMILES string of the molecule is C=CCOC12Oc3ccc(OC(=O)Nc4ccc(OC)cc4OC)cc3C3C(CCCCO)C(CCCCO)C=C(C(=NOC(C)(C)C)CC1N(CCOCCO)C(=O)c1ccc(C#N)cc1)C32. The maximum absolute atomic E-state index is 15.1. The third-order valence-corrected chi connectivity index (χ3v) is 12.5. The van der Waals surface area contributed by atoms with Crippen molar-refractivity contribution in [3.8, 4) is 29.1 Å². The van der Waals surface area contributed by atoms with Crippen LogP contribution in [0.25, 0.3) is 0 Å². The van der Waals surface area contributed by atoms with E-state index in [1.54, 1.807) is 65.6 Å². The van der Waals surface area contributed by atoms with Crippen LogP contribution in [0, 0.1) is 29.1 Å². The number of hydrogen-bond donors (Lipinski definition) is 4. The van der Waals surface area contributed by atoms with Gasteiger partial charge in [0.1, 0.15) is 34.6 Å². The Hall–Kier alpha value is -5.96. The lowest BCUT2D eigenvalue weighted by molar-refractivity contribution is -0.254. The number of allylic oxidation sites excluding steroid dienone is 1. The van der Waals surface area contributed by atoms with E-state index in [-0.39, 0.29) is 76.1 Å². The average Bonchev–Trinajstić information content (AvgIpc) is 3.33. The van der Waals surface area contributed by atoms with Gasteiger partial charge in [-0.15, -0.1) is 6.58 Å². The van der Waals surface area contributed by atoms with Gasteiger partial charge in [-0.25, -0.2) is 4.79 Å². The van der Waals surface area contributed by atoms with Crippen molar-refractivity contribution in [1.29, 1.82) is 5.26 Å². The standard InChI is InChI=1S/C52H66N4O12/c1-7-26-65-52-46(56(22-27-64-28-25-59)49(60)35-16-14-34(33-53)15-17-35)32-43(55-68-51(2,3)4)40-29-36(12-8-10-23-57)39(13-9-11-24-58)47(48(40)52)41-30-38(19-21-44(41)67-52)66-50(61)54-42-20-18-37(62-5)31-45(42)63-6/h7,14-21,29-31,36,39,46-48,57-59H,1,8-13,22-28,32H2,2-6H3,(H,54,61). The highest BCUT2D eigenvalue weighted by Crippen LogP contribution is 2.62. The molecule has 0 spiro atoms. The molecule has 6 unspecified atom stereocenters. The fraction of sp³-hybridized carbons (Fsp3) is 0.500. The molecule has 0 saturated heterocycles. The minimum absolute atomic E-state index is 0.0169. The average molecular weight is 939 g/mol. The Morgan fingerprint density at radius 3 is 2.35 bits per heavy atom. The molecule has 3 aromatic carbocycles. The van der Waals surface area contributed by atoms with Crippen molar-refractivity contribution in [3.63, 3.8) is 0 Å². The Bertz CT molecular complexity index is 2300. The summed E-state index contributed by atoms with van der Waals surface area (Å²) in [5.41, 5.74) is 2.58. The molecule has 6 rings (SSSR count). The van der Waals surface area contributed by atoms with E-state index in [1.807, 2.05) is 26.8 Å². The summed E-state index contributed by atoms with van der Waals surface area (Å²) in [7, 11) is 3.03. The summed E-state index contributed by atoms with van der Waals surface area (Å²) < 4.78 is 37.1. The molecule has 3 aromatic rings. The van der Waals surface area contributed by atoms with Crippen LogP contribution in [0.3, 0.4) is 0 Å². The largest absolute Gasteiger partial charge is 0.497 e. The third-order valence-electron chi connectivity index (χ3n) is 12.5. The molecule has 6 atom stereocenters. The van der Waals surface area contributed by atoms with Gasteiger partial charge in [-0.1, -0.05) is 30.1 Å². The van der Waals surface area contributed by atoms with Gasteiger partial charge < -0.3 is 53.5 Å². The van der Waals surface area contributed by atoms with Crippen molar-refractivity contribution in [2.45, 2.75) is 89.1 Å². The Balaban J connectivity index is 1.57. The molecule has 1 aliphatic heterocycles. The highest BCUT2D eigenvalue weighted by molar-refractivity contribution is 6.03. The van der Waals surface area contributed by atoms with Crippen LogP contribution in [-0.4, -0.2) is 116 Å². The molecule has 1 heterocycles. The number of nitriles is 1. The zero-order valence-corrected chi connectivity index (χ0v) is 39.8. The first-order valence-electron chi connectivity index (χ1n) is 23.3. The Kier molecular flexibility index (Phi) is 18.0. The van der Waals surface area contributed by atoms with Crippen molar-refractivity contribution < 1.29 is 58.2 Å². The Morgan fingerprint density at radius 2 is 1.69 bits per heavy atom. The van der Waals surface area contributed by atoms with E-state index < -0.39 is 35.4 Å². The number of fused-ring (bicyclic) bond motifs is 2. The van der Waals surface area contributed by atoms with E-state index in [2.05, 4.69) is 24.0 Å². The second-order valence-corrected chi connectivity index (χ2v) is 18.1. The first kappa shape index (κ1) is 51.4. The lowest BCUT2D eigenvalue weighted by Crippen LogP contribution is -2.70. The van der Waals surface area contributed by atoms with E-state index in [9.17, 15) is 25.4 Å². The molecule has 16 heteroatoms. The van der Waals surface area contributed by atoms with Gasteiger partial charge >= 0.3 is 6.09 Å². The van der Waals surface area contributed by atoms with Crippen LogP contribution in [0.4, 0.5) is 10.5 Å². The van der Waals surface area contributed by atoms with Gasteiger partial charge in [0.2, 0.25) is 5.79 Å². The summed E-state index contributed by atoms with van der Waals surface area (Å²) in [5.74, 6) is -1.53. The van der Waals surface area contributed by atoms with Crippen molar-refractivity contribution in [2.24, 2.45) is 22.9 Å². The van der Waals surface area contributed by atoms with Gasteiger partial charge in [-0.05, 0) is 118 Å². The monoisotopic (exact) mass is 938 g/mol. The molecule has 366 valence electrons. The zero-order chi connectivity index (χ0) is 48.8. The summed E-state index contributed by atoms with van der Waals surface area (Å²) in [4.78, 5) is 36.7. The molecule has 16 nitrogen and oxygen atoms in total. The molecule has 0 aromatic heterocycles. The predicted octanol–water partition coefficient (Wildman–Crippen LogP) is 7.77. The van der Waals surface area contributed by atoms with Gasteiger partial charge in [-0.2, -0.15) is 5.26 Å². The number of hydrogen-bond acceptors (Lipinski definition) is 14. The van der Waals surface area contributed by atoms with Gasteiger partial charge in [0.25, 0.3) is 5.91 Å². The number of nitrogens with one attached hydrogen (secondary N) is 1. The van der Waals surface area contributed by atoms with Crippen molar-refractivity contribution in [3.05, 3.63) is 102 Å². The number of amides is 2. The number of methoxy groups -OCH3 is 2. The topological polar surface area (TPSA) is 211 Å². The number of aliphatic hydroxyl groups excluding tert-OH is 3.